The quantitative estimate of drug-likeness (QED) is 0.743. The molecule has 0 aliphatic rings. The summed E-state index contributed by atoms with van der Waals surface area (Å²) in [4.78, 5) is 8.98. The van der Waals surface area contributed by atoms with Gasteiger partial charge >= 0.3 is 0 Å². The maximum atomic E-state index is 8.78. The fourth-order valence-corrected chi connectivity index (χ4v) is 2.13. The monoisotopic (exact) mass is 229 g/mol. The molecule has 1 aromatic heterocycles. The van der Waals surface area contributed by atoms with E-state index in [0.29, 0.717) is 0 Å². The molecule has 2 rings (SSSR count). The lowest BCUT2D eigenvalue weighted by atomic mass is 10.3. The second kappa shape index (κ2) is 4.50. The zero-order chi connectivity index (χ0) is 11.5. The van der Waals surface area contributed by atoms with Crippen molar-refractivity contribution in [3.63, 3.8) is 0 Å². The smallest absolute Gasteiger partial charge is 0.119 e. The van der Waals surface area contributed by atoms with E-state index in [2.05, 4.69) is 16.0 Å². The summed E-state index contributed by atoms with van der Waals surface area (Å²) in [6, 6.07) is 9.94. The zero-order valence-corrected chi connectivity index (χ0v) is 9.95. The molecule has 0 aliphatic heterocycles. The Morgan fingerprint density at radius 3 is 2.50 bits per heavy atom. The van der Waals surface area contributed by atoms with Crippen LogP contribution < -0.4 is 0 Å². The van der Waals surface area contributed by atoms with Crippen LogP contribution in [0.25, 0.3) is 11.0 Å². The van der Waals surface area contributed by atoms with E-state index in [-0.39, 0.29) is 5.25 Å². The Bertz CT molecular complexity index is 560. The molecule has 1 aromatic carbocycles. The molecule has 0 saturated carbocycles. The zero-order valence-electron chi connectivity index (χ0n) is 9.14. The summed E-state index contributed by atoms with van der Waals surface area (Å²) in [6.07, 6.45) is 0. The number of hydrogen-bond acceptors (Lipinski definition) is 4. The topological polar surface area (TPSA) is 49.6 Å². The van der Waals surface area contributed by atoms with Crippen LogP contribution >= 0.6 is 11.8 Å². The van der Waals surface area contributed by atoms with Crippen molar-refractivity contribution in [1.82, 2.24) is 9.97 Å². The van der Waals surface area contributed by atoms with Crippen molar-refractivity contribution in [3.8, 4) is 6.07 Å². The maximum Gasteiger partial charge on any atom is 0.119 e. The van der Waals surface area contributed by atoms with Crippen LogP contribution in [0.3, 0.4) is 0 Å². The summed E-state index contributed by atoms with van der Waals surface area (Å²) in [7, 11) is 0. The van der Waals surface area contributed by atoms with Crippen molar-refractivity contribution < 1.29 is 0 Å². The van der Waals surface area contributed by atoms with E-state index in [9.17, 15) is 0 Å². The lowest BCUT2D eigenvalue weighted by Gasteiger charge is -2.06. The van der Waals surface area contributed by atoms with Gasteiger partial charge in [0.25, 0.3) is 0 Å². The Labute approximate surface area is 98.5 Å². The highest BCUT2D eigenvalue weighted by molar-refractivity contribution is 8.00. The molecule has 80 valence electrons. The largest absolute Gasteiger partial charge is 0.249 e. The number of aryl methyl sites for hydroxylation is 1. The SMILES string of the molecule is Cc1nc2ccccc2nc1S[C@H](C)C#N. The third-order valence-corrected chi connectivity index (χ3v) is 3.24. The summed E-state index contributed by atoms with van der Waals surface area (Å²) in [6.45, 7) is 3.78. The number of para-hydroxylation sites is 2. The molecule has 0 amide bonds. The lowest BCUT2D eigenvalue weighted by molar-refractivity contribution is 1.03. The van der Waals surface area contributed by atoms with Crippen LogP contribution in [-0.2, 0) is 0 Å². The van der Waals surface area contributed by atoms with E-state index in [1.807, 2.05) is 38.1 Å². The van der Waals surface area contributed by atoms with Gasteiger partial charge in [0.1, 0.15) is 5.03 Å². The molecule has 0 unspecified atom stereocenters. The van der Waals surface area contributed by atoms with Gasteiger partial charge in [-0.1, -0.05) is 23.9 Å². The number of nitriles is 1. The summed E-state index contributed by atoms with van der Waals surface area (Å²) in [5, 5.41) is 9.52. The van der Waals surface area contributed by atoms with Crippen molar-refractivity contribution in [3.05, 3.63) is 30.0 Å². The summed E-state index contributed by atoms with van der Waals surface area (Å²) in [5.74, 6) is 0. The Kier molecular flexibility index (Phi) is 3.07. The average molecular weight is 229 g/mol. The standard InChI is InChI=1S/C12H11N3S/c1-8(7-13)16-12-9(2)14-10-5-3-4-6-11(10)15-12/h3-6,8H,1-2H3/t8-/m1/s1. The van der Waals surface area contributed by atoms with Crippen LogP contribution in [0.5, 0.6) is 0 Å². The molecule has 0 N–H and O–H groups in total. The molecule has 4 heteroatoms. The highest BCUT2D eigenvalue weighted by Crippen LogP contribution is 2.25. The molecular formula is C12H11N3S. The van der Waals surface area contributed by atoms with Gasteiger partial charge in [0.15, 0.2) is 0 Å². The molecule has 0 aliphatic carbocycles. The van der Waals surface area contributed by atoms with Gasteiger partial charge in [-0.15, -0.1) is 0 Å². The van der Waals surface area contributed by atoms with E-state index in [1.165, 1.54) is 11.8 Å². The van der Waals surface area contributed by atoms with Gasteiger partial charge in [-0.2, -0.15) is 5.26 Å². The minimum Gasteiger partial charge on any atom is -0.249 e. The van der Waals surface area contributed by atoms with Crippen molar-refractivity contribution in [2.75, 3.05) is 0 Å². The molecule has 2 aromatic rings. The molecule has 0 saturated heterocycles. The predicted molar refractivity (Wildman–Crippen MR) is 65.2 cm³/mol. The Hall–Kier alpha value is -1.60. The van der Waals surface area contributed by atoms with E-state index in [1.54, 1.807) is 0 Å². The lowest BCUT2D eigenvalue weighted by Crippen LogP contribution is -1.97. The van der Waals surface area contributed by atoms with Gasteiger partial charge in [-0.05, 0) is 26.0 Å². The van der Waals surface area contributed by atoms with Crippen molar-refractivity contribution in [2.24, 2.45) is 0 Å². The first-order chi connectivity index (χ1) is 7.70. The molecule has 0 bridgehead atoms. The molecule has 0 spiro atoms. The van der Waals surface area contributed by atoms with Gasteiger partial charge in [0, 0.05) is 0 Å². The van der Waals surface area contributed by atoms with Gasteiger partial charge in [0.2, 0.25) is 0 Å². The first kappa shape index (κ1) is 10.9. The van der Waals surface area contributed by atoms with Crippen molar-refractivity contribution >= 4 is 22.8 Å². The van der Waals surface area contributed by atoms with Crippen LogP contribution in [0.1, 0.15) is 12.6 Å². The maximum absolute atomic E-state index is 8.78. The van der Waals surface area contributed by atoms with E-state index in [0.717, 1.165) is 21.8 Å². The number of aromatic nitrogens is 2. The molecule has 16 heavy (non-hydrogen) atoms. The first-order valence-corrected chi connectivity index (χ1v) is 5.88. The van der Waals surface area contributed by atoms with Gasteiger partial charge in [-0.3, -0.25) is 0 Å². The summed E-state index contributed by atoms with van der Waals surface area (Å²) < 4.78 is 0. The first-order valence-electron chi connectivity index (χ1n) is 5.00. The van der Waals surface area contributed by atoms with Gasteiger partial charge < -0.3 is 0 Å². The second-order valence-electron chi connectivity index (χ2n) is 3.49. The second-order valence-corrected chi connectivity index (χ2v) is 4.82. The molecule has 3 nitrogen and oxygen atoms in total. The van der Waals surface area contributed by atoms with Crippen LogP contribution in [0.2, 0.25) is 0 Å². The average Bonchev–Trinajstić information content (AvgIpc) is 2.30. The van der Waals surface area contributed by atoms with E-state index in [4.69, 9.17) is 5.26 Å². The normalized spacial score (nSPS) is 12.3. The molecular weight excluding hydrogens is 218 g/mol. The minimum atomic E-state index is -0.103. The fraction of sp³-hybridized carbons (Fsp3) is 0.250. The highest BCUT2D eigenvalue weighted by atomic mass is 32.2. The van der Waals surface area contributed by atoms with E-state index < -0.39 is 0 Å². The number of nitrogens with zero attached hydrogens (tertiary/aromatic N) is 3. The number of fused-ring (bicyclic) bond motifs is 1. The Balaban J connectivity index is 2.47. The van der Waals surface area contributed by atoms with Crippen LogP contribution in [0, 0.1) is 18.3 Å². The third-order valence-electron chi connectivity index (χ3n) is 2.17. The van der Waals surface area contributed by atoms with Crippen molar-refractivity contribution in [2.45, 2.75) is 24.1 Å². The minimum absolute atomic E-state index is 0.103. The number of benzene rings is 1. The van der Waals surface area contributed by atoms with Gasteiger partial charge in [0.05, 0.1) is 28.0 Å². The summed E-state index contributed by atoms with van der Waals surface area (Å²) >= 11 is 1.45. The van der Waals surface area contributed by atoms with Crippen molar-refractivity contribution in [1.29, 1.82) is 5.26 Å². The molecule has 1 atom stereocenters. The molecule has 0 fully saturated rings. The number of hydrogen-bond donors (Lipinski definition) is 0. The number of thioether (sulfide) groups is 1. The van der Waals surface area contributed by atoms with Crippen LogP contribution in [0.4, 0.5) is 0 Å². The number of rotatable bonds is 2. The van der Waals surface area contributed by atoms with Crippen LogP contribution in [-0.4, -0.2) is 15.2 Å². The molecule has 0 radical (unpaired) electrons. The Morgan fingerprint density at radius 2 is 1.88 bits per heavy atom. The highest BCUT2D eigenvalue weighted by Gasteiger charge is 2.09. The van der Waals surface area contributed by atoms with E-state index >= 15 is 0 Å². The van der Waals surface area contributed by atoms with Gasteiger partial charge in [-0.25, -0.2) is 9.97 Å². The Morgan fingerprint density at radius 1 is 1.25 bits per heavy atom. The predicted octanol–water partition coefficient (Wildman–Crippen LogP) is 2.94. The van der Waals surface area contributed by atoms with Crippen LogP contribution in [0.15, 0.2) is 29.3 Å². The third kappa shape index (κ3) is 2.15. The molecule has 1 heterocycles. The fourth-order valence-electron chi connectivity index (χ4n) is 1.38. The summed E-state index contributed by atoms with van der Waals surface area (Å²) in [5.41, 5.74) is 2.65.